The lowest BCUT2D eigenvalue weighted by molar-refractivity contribution is 0.261. The van der Waals surface area contributed by atoms with Crippen molar-refractivity contribution in [2.75, 3.05) is 14.2 Å². The summed E-state index contributed by atoms with van der Waals surface area (Å²) in [5.41, 5.74) is 1.95. The number of carbonyl (C=O) groups excluding carboxylic acids is 1. The second-order valence-corrected chi connectivity index (χ2v) is 3.97. The second-order valence-electron chi connectivity index (χ2n) is 3.25. The van der Waals surface area contributed by atoms with Crippen molar-refractivity contribution in [1.29, 1.82) is 0 Å². The summed E-state index contributed by atoms with van der Waals surface area (Å²) >= 11 is 2.82. The Bertz CT molecular complexity index is 393. The van der Waals surface area contributed by atoms with Crippen molar-refractivity contribution in [2.45, 2.75) is 13.5 Å². The van der Waals surface area contributed by atoms with E-state index in [0.717, 1.165) is 16.9 Å². The molecule has 0 aliphatic carbocycles. The van der Waals surface area contributed by atoms with Gasteiger partial charge in [0.2, 0.25) is 0 Å². The van der Waals surface area contributed by atoms with Gasteiger partial charge in [-0.25, -0.2) is 0 Å². The maximum Gasteiger partial charge on any atom is 0.287 e. The van der Waals surface area contributed by atoms with Crippen molar-refractivity contribution in [3.63, 3.8) is 0 Å². The highest BCUT2D eigenvalue weighted by atomic mass is 79.9. The Morgan fingerprint density at radius 3 is 2.56 bits per heavy atom. The SMILES string of the molecule is COc1cc(C)c(CNC(=O)Br)c(OC)c1. The molecule has 1 aromatic carbocycles. The third kappa shape index (κ3) is 3.13. The van der Waals surface area contributed by atoms with Crippen LogP contribution in [-0.4, -0.2) is 19.0 Å². The number of aryl methyl sites for hydroxylation is 1. The van der Waals surface area contributed by atoms with E-state index in [-0.39, 0.29) is 4.82 Å². The third-order valence-corrected chi connectivity index (χ3v) is 2.55. The molecule has 5 heteroatoms. The molecule has 0 radical (unpaired) electrons. The van der Waals surface area contributed by atoms with Gasteiger partial charge in [0, 0.05) is 34.1 Å². The average Bonchev–Trinajstić information content (AvgIpc) is 2.26. The lowest BCUT2D eigenvalue weighted by atomic mass is 10.1. The van der Waals surface area contributed by atoms with E-state index in [0.29, 0.717) is 12.3 Å². The van der Waals surface area contributed by atoms with Gasteiger partial charge in [0.05, 0.1) is 14.2 Å². The Morgan fingerprint density at radius 2 is 2.06 bits per heavy atom. The molecule has 0 aromatic heterocycles. The summed E-state index contributed by atoms with van der Waals surface area (Å²) < 4.78 is 10.4. The standard InChI is InChI=1S/C11H14BrNO3/c1-7-4-8(15-2)5-10(16-3)9(7)6-13-11(12)14/h4-5H,6H2,1-3H3,(H,13,14). The summed E-state index contributed by atoms with van der Waals surface area (Å²) in [4.78, 5) is 10.5. The number of hydrogen-bond donors (Lipinski definition) is 1. The van der Waals surface area contributed by atoms with E-state index in [1.54, 1.807) is 20.3 Å². The van der Waals surface area contributed by atoms with Gasteiger partial charge >= 0.3 is 0 Å². The number of methoxy groups -OCH3 is 2. The smallest absolute Gasteiger partial charge is 0.287 e. The highest BCUT2D eigenvalue weighted by Crippen LogP contribution is 2.28. The minimum absolute atomic E-state index is 0.246. The van der Waals surface area contributed by atoms with Gasteiger partial charge in [-0.2, -0.15) is 0 Å². The molecule has 0 atom stereocenters. The van der Waals surface area contributed by atoms with Crippen LogP contribution < -0.4 is 14.8 Å². The van der Waals surface area contributed by atoms with Gasteiger partial charge in [0.25, 0.3) is 4.82 Å². The van der Waals surface area contributed by atoms with Gasteiger partial charge in [-0.1, -0.05) is 0 Å². The van der Waals surface area contributed by atoms with Gasteiger partial charge in [-0.05, 0) is 18.6 Å². The van der Waals surface area contributed by atoms with Crippen LogP contribution in [0.2, 0.25) is 0 Å². The number of carbonyl (C=O) groups is 1. The summed E-state index contributed by atoms with van der Waals surface area (Å²) in [5.74, 6) is 1.45. The van der Waals surface area contributed by atoms with Gasteiger partial charge in [-0.3, -0.25) is 4.79 Å². The Hall–Kier alpha value is -1.23. The minimum Gasteiger partial charge on any atom is -0.497 e. The van der Waals surface area contributed by atoms with Gasteiger partial charge in [-0.15, -0.1) is 0 Å². The zero-order valence-electron chi connectivity index (χ0n) is 9.46. The van der Waals surface area contributed by atoms with E-state index in [2.05, 4.69) is 21.2 Å². The van der Waals surface area contributed by atoms with Crippen molar-refractivity contribution in [1.82, 2.24) is 5.32 Å². The van der Waals surface area contributed by atoms with Crippen LogP contribution >= 0.6 is 15.9 Å². The first-order chi connectivity index (χ1) is 7.58. The molecule has 0 unspecified atom stereocenters. The van der Waals surface area contributed by atoms with Crippen LogP contribution in [0.4, 0.5) is 4.79 Å². The zero-order valence-corrected chi connectivity index (χ0v) is 11.1. The predicted molar refractivity (Wildman–Crippen MR) is 65.4 cm³/mol. The molecule has 1 aromatic rings. The van der Waals surface area contributed by atoms with Gasteiger partial charge in [0.1, 0.15) is 11.5 Å². The summed E-state index contributed by atoms with van der Waals surface area (Å²) in [5, 5.41) is 2.67. The fourth-order valence-electron chi connectivity index (χ4n) is 1.44. The summed E-state index contributed by atoms with van der Waals surface area (Å²) in [6.45, 7) is 2.36. The van der Waals surface area contributed by atoms with E-state index in [4.69, 9.17) is 9.47 Å². The largest absolute Gasteiger partial charge is 0.497 e. The van der Waals surface area contributed by atoms with Crippen LogP contribution in [0.3, 0.4) is 0 Å². The maximum atomic E-state index is 10.8. The lowest BCUT2D eigenvalue weighted by Gasteiger charge is -2.13. The molecule has 0 fully saturated rings. The van der Waals surface area contributed by atoms with Crippen LogP contribution in [0.25, 0.3) is 0 Å². The predicted octanol–water partition coefficient (Wildman–Crippen LogP) is 2.62. The molecule has 1 amide bonds. The van der Waals surface area contributed by atoms with Crippen molar-refractivity contribution in [2.24, 2.45) is 0 Å². The van der Waals surface area contributed by atoms with Crippen LogP contribution in [0.1, 0.15) is 11.1 Å². The second kappa shape index (κ2) is 5.75. The maximum absolute atomic E-state index is 10.8. The molecule has 0 spiro atoms. The molecule has 1 rings (SSSR count). The Labute approximate surface area is 103 Å². The Kier molecular flexibility index (Phi) is 4.61. The van der Waals surface area contributed by atoms with Crippen molar-refractivity contribution < 1.29 is 14.3 Å². The summed E-state index contributed by atoms with van der Waals surface area (Å²) in [7, 11) is 3.20. The number of hydrogen-bond acceptors (Lipinski definition) is 3. The van der Waals surface area contributed by atoms with Crippen LogP contribution in [0, 0.1) is 6.92 Å². The van der Waals surface area contributed by atoms with Crippen molar-refractivity contribution in [3.8, 4) is 11.5 Å². The molecular weight excluding hydrogens is 274 g/mol. The number of rotatable bonds is 4. The van der Waals surface area contributed by atoms with Gasteiger partial charge < -0.3 is 14.8 Å². The van der Waals surface area contributed by atoms with Gasteiger partial charge in [0.15, 0.2) is 0 Å². The van der Waals surface area contributed by atoms with E-state index in [1.165, 1.54) is 0 Å². The quantitative estimate of drug-likeness (QED) is 0.684. The van der Waals surface area contributed by atoms with Crippen molar-refractivity contribution in [3.05, 3.63) is 23.3 Å². The molecular formula is C11H14BrNO3. The summed E-state index contributed by atoms with van der Waals surface area (Å²) in [6, 6.07) is 3.70. The molecule has 16 heavy (non-hydrogen) atoms. The molecule has 4 nitrogen and oxygen atoms in total. The van der Waals surface area contributed by atoms with E-state index in [1.807, 2.05) is 13.0 Å². The molecule has 0 saturated heterocycles. The molecule has 0 aliphatic heterocycles. The molecule has 0 aliphatic rings. The van der Waals surface area contributed by atoms with Crippen molar-refractivity contribution >= 4 is 20.7 Å². The van der Waals surface area contributed by atoms with Crippen LogP contribution in [-0.2, 0) is 6.54 Å². The minimum atomic E-state index is -0.246. The lowest BCUT2D eigenvalue weighted by Crippen LogP contribution is -2.16. The molecule has 0 heterocycles. The molecule has 0 bridgehead atoms. The number of ether oxygens (including phenoxy) is 2. The monoisotopic (exact) mass is 287 g/mol. The molecule has 0 saturated carbocycles. The average molecular weight is 288 g/mol. The zero-order chi connectivity index (χ0) is 12.1. The first kappa shape index (κ1) is 12.8. The third-order valence-electron chi connectivity index (χ3n) is 2.27. The number of benzene rings is 1. The number of halogens is 1. The highest BCUT2D eigenvalue weighted by Gasteiger charge is 2.09. The number of nitrogens with one attached hydrogen (secondary N) is 1. The summed E-state index contributed by atoms with van der Waals surface area (Å²) in [6.07, 6.45) is 0. The fourth-order valence-corrected chi connectivity index (χ4v) is 1.58. The Morgan fingerprint density at radius 1 is 1.38 bits per heavy atom. The first-order valence-electron chi connectivity index (χ1n) is 4.73. The molecule has 88 valence electrons. The van der Waals surface area contributed by atoms with Crippen LogP contribution in [0.15, 0.2) is 12.1 Å². The normalized spacial score (nSPS) is 9.75. The Balaban J connectivity index is 3.01. The van der Waals surface area contributed by atoms with E-state index >= 15 is 0 Å². The topological polar surface area (TPSA) is 47.6 Å². The highest BCUT2D eigenvalue weighted by molar-refractivity contribution is 9.18. The van der Waals surface area contributed by atoms with E-state index in [9.17, 15) is 4.79 Å². The first-order valence-corrected chi connectivity index (χ1v) is 5.52. The fraction of sp³-hybridized carbons (Fsp3) is 0.364. The number of amides is 1. The van der Waals surface area contributed by atoms with E-state index < -0.39 is 0 Å². The molecule has 1 N–H and O–H groups in total. The van der Waals surface area contributed by atoms with Crippen LogP contribution in [0.5, 0.6) is 11.5 Å².